The number of hydrogen-bond donors (Lipinski definition) is 2. The summed E-state index contributed by atoms with van der Waals surface area (Å²) in [4.78, 5) is 95.1. The van der Waals surface area contributed by atoms with Gasteiger partial charge in [0.1, 0.15) is 34.2 Å². The van der Waals surface area contributed by atoms with E-state index in [1.807, 2.05) is 0 Å². The molecule has 0 saturated carbocycles. The van der Waals surface area contributed by atoms with Crippen molar-refractivity contribution >= 4 is 49.1 Å². The Morgan fingerprint density at radius 3 is 1.71 bits per heavy atom. The molecule has 19 heteroatoms. The number of amides is 2. The Morgan fingerprint density at radius 1 is 0.632 bits per heavy atom. The molecule has 1 aromatic heterocycles. The van der Waals surface area contributed by atoms with Gasteiger partial charge < -0.3 is 38.6 Å². The number of nitrogens with one attached hydrogen (secondary N) is 2. The van der Waals surface area contributed by atoms with Gasteiger partial charge in [0.25, 0.3) is 5.91 Å². The summed E-state index contributed by atoms with van der Waals surface area (Å²) < 4.78 is 61.7. The van der Waals surface area contributed by atoms with Crippen LogP contribution in [-0.2, 0) is 61.3 Å². The summed E-state index contributed by atoms with van der Waals surface area (Å²) >= 11 is 0. The minimum Gasteiger partial charge on any atom is -0.460 e. The topological polar surface area (TPSA) is 229 Å². The van der Waals surface area contributed by atoms with Crippen LogP contribution in [0.5, 0.6) is 0 Å². The van der Waals surface area contributed by atoms with Crippen molar-refractivity contribution in [1.29, 1.82) is 0 Å². The molecular formula is C49H81FN3O14P. The molecule has 0 radical (unpaired) electrons. The number of ether oxygens (including phenoxy) is 4. The number of carbonyl (C=O) groups is 7. The smallest absolute Gasteiger partial charge is 0.332 e. The quantitative estimate of drug-likeness (QED) is 0.0276. The molecule has 0 bridgehead atoms. The minimum atomic E-state index is -4.10. The number of pyridine rings is 1. The van der Waals surface area contributed by atoms with Crippen LogP contribution in [0.3, 0.4) is 0 Å². The van der Waals surface area contributed by atoms with E-state index < -0.39 is 101 Å². The van der Waals surface area contributed by atoms with Crippen molar-refractivity contribution in [2.75, 3.05) is 19.3 Å². The highest BCUT2D eigenvalue weighted by Crippen LogP contribution is 2.54. The molecule has 0 saturated heterocycles. The van der Waals surface area contributed by atoms with Crippen molar-refractivity contribution < 1.29 is 70.5 Å². The van der Waals surface area contributed by atoms with Gasteiger partial charge in [-0.15, -0.1) is 0 Å². The van der Waals surface area contributed by atoms with Gasteiger partial charge in [0, 0.05) is 38.4 Å². The average Bonchev–Trinajstić information content (AvgIpc) is 3.14. The van der Waals surface area contributed by atoms with E-state index in [0.717, 1.165) is 12.3 Å². The van der Waals surface area contributed by atoms with Crippen LogP contribution in [0, 0.1) is 17.8 Å². The third kappa shape index (κ3) is 29.6. The third-order valence-corrected chi connectivity index (χ3v) is 11.3. The van der Waals surface area contributed by atoms with Gasteiger partial charge in [-0.05, 0) is 155 Å². The Kier molecular flexibility index (Phi) is 24.7. The first-order valence-corrected chi connectivity index (χ1v) is 25.2. The van der Waals surface area contributed by atoms with Gasteiger partial charge >= 0.3 is 31.5 Å². The molecule has 17 nitrogen and oxygen atoms in total. The molecule has 1 unspecified atom stereocenters. The highest BCUT2D eigenvalue weighted by molar-refractivity contribution is 7.53. The maximum Gasteiger partial charge on any atom is 0.332 e. The Labute approximate surface area is 403 Å². The summed E-state index contributed by atoms with van der Waals surface area (Å²) in [5.41, 5.74) is -4.18. The molecule has 4 atom stereocenters. The Balaban J connectivity index is 3.07. The molecule has 388 valence electrons. The number of halogens is 1. The number of esters is 4. The fourth-order valence-corrected chi connectivity index (χ4v) is 8.69. The Bertz CT molecular complexity index is 1870. The van der Waals surface area contributed by atoms with E-state index in [0.29, 0.717) is 25.8 Å². The molecule has 0 aromatic carbocycles. The van der Waals surface area contributed by atoms with Gasteiger partial charge in [0.15, 0.2) is 0 Å². The first kappa shape index (κ1) is 61.7. The fourth-order valence-electron chi connectivity index (χ4n) is 6.34. The van der Waals surface area contributed by atoms with Crippen molar-refractivity contribution in [3.8, 4) is 0 Å². The van der Waals surface area contributed by atoms with Crippen LogP contribution in [0.25, 0.3) is 0 Å². The molecule has 0 fully saturated rings. The minimum absolute atomic E-state index is 0.0224. The number of rotatable bonds is 27. The fraction of sp³-hybridized carbons (Fsp3) is 0.755. The van der Waals surface area contributed by atoms with Crippen molar-refractivity contribution in [1.82, 2.24) is 15.6 Å². The number of carbonyl (C=O) groups excluding carboxylic acids is 7. The second kappa shape index (κ2) is 27.2. The second-order valence-corrected chi connectivity index (χ2v) is 24.0. The van der Waals surface area contributed by atoms with Crippen LogP contribution in [-0.4, -0.2) is 99.8 Å². The van der Waals surface area contributed by atoms with Crippen LogP contribution in [0.2, 0.25) is 0 Å². The molecule has 0 aliphatic heterocycles. The normalized spacial score (nSPS) is 14.6. The highest BCUT2D eigenvalue weighted by Gasteiger charge is 2.39. The van der Waals surface area contributed by atoms with E-state index in [4.69, 9.17) is 28.0 Å². The lowest BCUT2D eigenvalue weighted by Crippen LogP contribution is -2.44. The highest BCUT2D eigenvalue weighted by atomic mass is 31.2. The molecule has 0 aliphatic rings. The Hall–Kier alpha value is -4.28. The van der Waals surface area contributed by atoms with Gasteiger partial charge in [0.05, 0.1) is 35.8 Å². The molecule has 0 aliphatic carbocycles. The van der Waals surface area contributed by atoms with Crippen molar-refractivity contribution in [2.45, 2.75) is 209 Å². The van der Waals surface area contributed by atoms with Crippen molar-refractivity contribution in [3.63, 3.8) is 0 Å². The standard InChI is InChI=1S/C49H81FN3O14P/c1-45(2,3)63-40(56)27-24-35(43(59)65-47(7,8)9)32-68(61,67-49(13,14)15)62-29-19-21-37(44(60)66-48(10,11)12)53-39(55)26-23-33(42(58)64-46(4,5)6)30-36(54)20-17-16-18-28-51-41(57)34-22-25-38(50)52-31-34/h22,25,31,33,35,37H,16-21,23-24,26-30,32H2,1-15H3,(H,51,57)(H,53,55)/t33-,35-,37+,68?/m1/s1. The summed E-state index contributed by atoms with van der Waals surface area (Å²) in [7, 11) is -4.10. The maximum atomic E-state index is 14.5. The molecule has 2 amide bonds. The summed E-state index contributed by atoms with van der Waals surface area (Å²) in [6.07, 6.45) is 1.94. The lowest BCUT2D eigenvalue weighted by Gasteiger charge is -2.30. The number of Topliss-reactive ketones (excluding diaryl/α,β-unsaturated/α-hetero) is 1. The predicted octanol–water partition coefficient (Wildman–Crippen LogP) is 8.92. The van der Waals surface area contributed by atoms with Gasteiger partial charge in [-0.1, -0.05) is 6.42 Å². The zero-order valence-corrected chi connectivity index (χ0v) is 44.2. The third-order valence-electron chi connectivity index (χ3n) is 9.01. The Morgan fingerprint density at radius 2 is 1.18 bits per heavy atom. The van der Waals surface area contributed by atoms with Crippen LogP contribution >= 0.6 is 7.60 Å². The number of ketones is 1. The zero-order chi connectivity index (χ0) is 52.3. The average molecular weight is 986 g/mol. The van der Waals surface area contributed by atoms with E-state index in [9.17, 15) is 42.5 Å². The zero-order valence-electron chi connectivity index (χ0n) is 43.4. The lowest BCUT2D eigenvalue weighted by atomic mass is 9.94. The van der Waals surface area contributed by atoms with E-state index in [-0.39, 0.29) is 69.3 Å². The molecule has 1 heterocycles. The molecule has 1 rings (SSSR count). The lowest BCUT2D eigenvalue weighted by molar-refractivity contribution is -0.162. The maximum absolute atomic E-state index is 14.5. The molecular weight excluding hydrogens is 905 g/mol. The van der Waals surface area contributed by atoms with E-state index >= 15 is 0 Å². The van der Waals surface area contributed by atoms with Crippen LogP contribution in [0.4, 0.5) is 4.39 Å². The number of unbranched alkanes of at least 4 members (excludes halogenated alkanes) is 2. The predicted molar refractivity (Wildman–Crippen MR) is 254 cm³/mol. The van der Waals surface area contributed by atoms with Crippen LogP contribution in [0.1, 0.15) is 185 Å². The summed E-state index contributed by atoms with van der Waals surface area (Å²) in [6.45, 7) is 25.5. The summed E-state index contributed by atoms with van der Waals surface area (Å²) in [6, 6.07) is 1.24. The monoisotopic (exact) mass is 986 g/mol. The largest absolute Gasteiger partial charge is 0.460 e. The van der Waals surface area contributed by atoms with Gasteiger partial charge in [0.2, 0.25) is 11.9 Å². The molecule has 0 spiro atoms. The number of hydrogen-bond acceptors (Lipinski definition) is 15. The SMILES string of the molecule is CC(C)(C)OC(=O)CC[C@H](CP(=O)(OCCC[C@H](NC(=O)CC[C@H](CC(=O)CCCCCNC(=O)c1ccc(F)nc1)C(=O)OC(C)(C)C)C(=O)OC(C)(C)C)OC(C)(C)C)C(=O)OC(C)(C)C. The summed E-state index contributed by atoms with van der Waals surface area (Å²) in [5.74, 6) is -6.51. The first-order chi connectivity index (χ1) is 30.9. The number of aromatic nitrogens is 1. The summed E-state index contributed by atoms with van der Waals surface area (Å²) in [5, 5.41) is 5.42. The second-order valence-electron chi connectivity index (χ2n) is 21.9. The van der Waals surface area contributed by atoms with E-state index in [1.165, 1.54) is 6.07 Å². The van der Waals surface area contributed by atoms with Crippen molar-refractivity contribution in [3.05, 3.63) is 29.8 Å². The molecule has 2 N–H and O–H groups in total. The first-order valence-electron chi connectivity index (χ1n) is 23.5. The number of nitrogens with zero attached hydrogens (tertiary/aromatic N) is 1. The van der Waals surface area contributed by atoms with Crippen LogP contribution in [0.15, 0.2) is 18.3 Å². The molecule has 1 aromatic rings. The van der Waals surface area contributed by atoms with Crippen LogP contribution < -0.4 is 10.6 Å². The van der Waals surface area contributed by atoms with E-state index in [2.05, 4.69) is 15.6 Å². The van der Waals surface area contributed by atoms with Gasteiger partial charge in [-0.25, -0.2) is 9.78 Å². The van der Waals surface area contributed by atoms with Gasteiger partial charge in [-0.2, -0.15) is 4.39 Å². The van der Waals surface area contributed by atoms with E-state index in [1.54, 1.807) is 104 Å². The molecule has 68 heavy (non-hydrogen) atoms. The van der Waals surface area contributed by atoms with Gasteiger partial charge in [-0.3, -0.25) is 33.3 Å². The van der Waals surface area contributed by atoms with Crippen molar-refractivity contribution in [2.24, 2.45) is 11.8 Å².